The molecule has 0 aliphatic heterocycles. The summed E-state index contributed by atoms with van der Waals surface area (Å²) in [5.41, 5.74) is 0.180. The number of rotatable bonds is 5. The molecule has 0 saturated carbocycles. The van der Waals surface area contributed by atoms with Gasteiger partial charge in [0.1, 0.15) is 12.2 Å². The average molecular weight is 269 g/mol. The first-order valence-corrected chi connectivity index (χ1v) is 5.55. The number of esters is 2. The molecule has 19 heavy (non-hydrogen) atoms. The summed E-state index contributed by atoms with van der Waals surface area (Å²) in [6.45, 7) is 1.65. The normalized spacial score (nSPS) is 9.84. The van der Waals surface area contributed by atoms with E-state index in [2.05, 4.69) is 15.2 Å². The van der Waals surface area contributed by atoms with Gasteiger partial charge in [-0.3, -0.25) is 14.3 Å². The molecule has 8 nitrogen and oxygen atoms in total. The van der Waals surface area contributed by atoms with Crippen molar-refractivity contribution in [2.45, 2.75) is 6.92 Å². The van der Waals surface area contributed by atoms with E-state index in [0.717, 1.165) is 0 Å². The van der Waals surface area contributed by atoms with Crippen LogP contribution in [0.4, 0.5) is 0 Å². The second kappa shape index (κ2) is 6.53. The summed E-state index contributed by atoms with van der Waals surface area (Å²) in [6, 6.07) is 1.30. The summed E-state index contributed by atoms with van der Waals surface area (Å²) in [5, 5.41) is 6.19. The summed E-state index contributed by atoms with van der Waals surface area (Å²) < 4.78 is 10.4. The standard InChI is InChI=1S/C11H15N3O5/c1-4-19-11(17)8-5-7(13-14(8)2)10(16)12-6-9(15)18-3/h5H,4,6H2,1-3H3,(H,12,16). The Kier molecular flexibility index (Phi) is 5.04. The van der Waals surface area contributed by atoms with Crippen molar-refractivity contribution in [1.82, 2.24) is 15.1 Å². The highest BCUT2D eigenvalue weighted by atomic mass is 16.5. The van der Waals surface area contributed by atoms with Crippen molar-refractivity contribution >= 4 is 17.8 Å². The van der Waals surface area contributed by atoms with Crippen LogP contribution in [0.15, 0.2) is 6.07 Å². The van der Waals surface area contributed by atoms with Gasteiger partial charge in [0.05, 0.1) is 13.7 Å². The Hall–Kier alpha value is -2.38. The highest BCUT2D eigenvalue weighted by Gasteiger charge is 2.18. The largest absolute Gasteiger partial charge is 0.468 e. The monoisotopic (exact) mass is 269 g/mol. The number of aromatic nitrogens is 2. The van der Waals surface area contributed by atoms with Crippen molar-refractivity contribution in [3.05, 3.63) is 17.5 Å². The van der Waals surface area contributed by atoms with E-state index in [-0.39, 0.29) is 24.5 Å². The summed E-state index contributed by atoms with van der Waals surface area (Å²) in [7, 11) is 2.73. The smallest absolute Gasteiger partial charge is 0.356 e. The van der Waals surface area contributed by atoms with Crippen molar-refractivity contribution in [2.24, 2.45) is 7.05 Å². The fraction of sp³-hybridized carbons (Fsp3) is 0.455. The molecule has 1 rings (SSSR count). The number of ether oxygens (including phenoxy) is 2. The number of nitrogens with one attached hydrogen (secondary N) is 1. The van der Waals surface area contributed by atoms with Crippen LogP contribution in [0.1, 0.15) is 27.9 Å². The van der Waals surface area contributed by atoms with Crippen LogP contribution in [-0.2, 0) is 21.3 Å². The van der Waals surface area contributed by atoms with Crippen LogP contribution in [0.2, 0.25) is 0 Å². The number of carbonyl (C=O) groups is 3. The van der Waals surface area contributed by atoms with E-state index in [9.17, 15) is 14.4 Å². The Morgan fingerprint density at radius 1 is 1.42 bits per heavy atom. The van der Waals surface area contributed by atoms with Crippen LogP contribution in [0.3, 0.4) is 0 Å². The van der Waals surface area contributed by atoms with Gasteiger partial charge in [0, 0.05) is 13.1 Å². The molecule has 1 heterocycles. The van der Waals surface area contributed by atoms with E-state index in [0.29, 0.717) is 0 Å². The molecule has 1 amide bonds. The minimum absolute atomic E-state index is 0.0226. The topological polar surface area (TPSA) is 99.5 Å². The third kappa shape index (κ3) is 3.80. The molecule has 0 aliphatic rings. The molecule has 0 aromatic carbocycles. The first-order chi connectivity index (χ1) is 8.99. The Labute approximate surface area is 109 Å². The van der Waals surface area contributed by atoms with Gasteiger partial charge in [-0.1, -0.05) is 0 Å². The average Bonchev–Trinajstić information content (AvgIpc) is 2.78. The lowest BCUT2D eigenvalue weighted by molar-refractivity contribution is -0.139. The molecule has 0 bridgehead atoms. The molecule has 1 aromatic rings. The molecule has 0 unspecified atom stereocenters. The Morgan fingerprint density at radius 2 is 2.11 bits per heavy atom. The van der Waals surface area contributed by atoms with E-state index in [1.807, 2.05) is 0 Å². The summed E-state index contributed by atoms with van der Waals surface area (Å²) in [4.78, 5) is 34.1. The van der Waals surface area contributed by atoms with Crippen LogP contribution < -0.4 is 5.32 Å². The molecule has 8 heteroatoms. The maximum Gasteiger partial charge on any atom is 0.356 e. The van der Waals surface area contributed by atoms with Crippen molar-refractivity contribution in [3.63, 3.8) is 0 Å². The molecule has 0 saturated heterocycles. The zero-order valence-corrected chi connectivity index (χ0v) is 10.9. The summed E-state index contributed by atoms with van der Waals surface area (Å²) in [5.74, 6) is -1.71. The maximum atomic E-state index is 11.7. The van der Waals surface area contributed by atoms with Gasteiger partial charge in [0.2, 0.25) is 0 Å². The second-order valence-electron chi connectivity index (χ2n) is 3.52. The second-order valence-corrected chi connectivity index (χ2v) is 3.52. The van der Waals surface area contributed by atoms with Gasteiger partial charge in [-0.05, 0) is 6.92 Å². The predicted molar refractivity (Wildman–Crippen MR) is 63.5 cm³/mol. The predicted octanol–water partition coefficient (Wildman–Crippen LogP) is -0.500. The van der Waals surface area contributed by atoms with Gasteiger partial charge in [-0.25, -0.2) is 4.79 Å². The van der Waals surface area contributed by atoms with Gasteiger partial charge < -0.3 is 14.8 Å². The van der Waals surface area contributed by atoms with Crippen molar-refractivity contribution in [3.8, 4) is 0 Å². The fourth-order valence-corrected chi connectivity index (χ4v) is 1.29. The third-order valence-corrected chi connectivity index (χ3v) is 2.22. The number of carbonyl (C=O) groups excluding carboxylic acids is 3. The molecule has 0 aliphatic carbocycles. The van der Waals surface area contributed by atoms with E-state index >= 15 is 0 Å². The van der Waals surface area contributed by atoms with Gasteiger partial charge in [-0.2, -0.15) is 5.10 Å². The highest BCUT2D eigenvalue weighted by Crippen LogP contribution is 2.05. The van der Waals surface area contributed by atoms with Gasteiger partial charge in [0.25, 0.3) is 5.91 Å². The lowest BCUT2D eigenvalue weighted by atomic mass is 10.3. The molecule has 0 fully saturated rings. The van der Waals surface area contributed by atoms with Crippen LogP contribution >= 0.6 is 0 Å². The molecular formula is C11H15N3O5. The lowest BCUT2D eigenvalue weighted by Gasteiger charge is -2.00. The van der Waals surface area contributed by atoms with E-state index < -0.39 is 17.8 Å². The first-order valence-electron chi connectivity index (χ1n) is 5.55. The van der Waals surface area contributed by atoms with Gasteiger partial charge >= 0.3 is 11.9 Å². The molecule has 1 N–H and O–H groups in total. The summed E-state index contributed by atoms with van der Waals surface area (Å²) in [6.07, 6.45) is 0. The first kappa shape index (κ1) is 14.7. The number of methoxy groups -OCH3 is 1. The fourth-order valence-electron chi connectivity index (χ4n) is 1.29. The molecule has 1 aromatic heterocycles. The minimum atomic E-state index is -0.574. The molecule has 0 spiro atoms. The zero-order chi connectivity index (χ0) is 14.4. The SMILES string of the molecule is CCOC(=O)c1cc(C(=O)NCC(=O)OC)nn1C. The van der Waals surface area contributed by atoms with Crippen LogP contribution in [0, 0.1) is 0 Å². The van der Waals surface area contributed by atoms with Gasteiger partial charge in [0.15, 0.2) is 5.69 Å². The number of amides is 1. The quantitative estimate of drug-likeness (QED) is 0.723. The molecule has 0 radical (unpaired) electrons. The number of aryl methyl sites for hydroxylation is 1. The van der Waals surface area contributed by atoms with Crippen LogP contribution in [-0.4, -0.2) is 47.9 Å². The van der Waals surface area contributed by atoms with E-state index in [4.69, 9.17) is 4.74 Å². The van der Waals surface area contributed by atoms with Crippen molar-refractivity contribution < 1.29 is 23.9 Å². The highest BCUT2D eigenvalue weighted by molar-refractivity contribution is 5.97. The number of nitrogens with zero attached hydrogens (tertiary/aromatic N) is 2. The van der Waals surface area contributed by atoms with E-state index in [1.54, 1.807) is 6.92 Å². The Balaban J connectivity index is 2.74. The van der Waals surface area contributed by atoms with Crippen molar-refractivity contribution in [1.29, 1.82) is 0 Å². The minimum Gasteiger partial charge on any atom is -0.468 e. The third-order valence-electron chi connectivity index (χ3n) is 2.22. The zero-order valence-electron chi connectivity index (χ0n) is 10.9. The Morgan fingerprint density at radius 3 is 2.68 bits per heavy atom. The maximum absolute atomic E-state index is 11.7. The lowest BCUT2D eigenvalue weighted by Crippen LogP contribution is -2.30. The molecule has 104 valence electrons. The van der Waals surface area contributed by atoms with E-state index in [1.165, 1.54) is 24.9 Å². The van der Waals surface area contributed by atoms with Crippen LogP contribution in [0.5, 0.6) is 0 Å². The number of hydrogen-bond donors (Lipinski definition) is 1. The summed E-state index contributed by atoms with van der Waals surface area (Å²) >= 11 is 0. The molecule has 0 atom stereocenters. The van der Waals surface area contributed by atoms with Gasteiger partial charge in [-0.15, -0.1) is 0 Å². The Bertz CT molecular complexity index is 495. The molecular weight excluding hydrogens is 254 g/mol. The van der Waals surface area contributed by atoms with Crippen LogP contribution in [0.25, 0.3) is 0 Å². The number of hydrogen-bond acceptors (Lipinski definition) is 6. The van der Waals surface area contributed by atoms with Crippen molar-refractivity contribution in [2.75, 3.05) is 20.3 Å².